The maximum atomic E-state index is 11.7. The minimum Gasteiger partial charge on any atom is -0.481 e. The van der Waals surface area contributed by atoms with Crippen LogP contribution in [0.3, 0.4) is 0 Å². The quantitative estimate of drug-likeness (QED) is 0.928. The van der Waals surface area contributed by atoms with E-state index in [2.05, 4.69) is 23.8 Å². The molecule has 0 amide bonds. The Morgan fingerprint density at radius 1 is 1.57 bits per heavy atom. The number of aliphatic carboxylic acids is 1. The molecule has 21 heavy (non-hydrogen) atoms. The van der Waals surface area contributed by atoms with Gasteiger partial charge in [0.05, 0.1) is 11.1 Å². The van der Waals surface area contributed by atoms with Crippen LogP contribution < -0.4 is 0 Å². The van der Waals surface area contributed by atoms with E-state index in [4.69, 9.17) is 0 Å². The number of carboxylic acid groups (broad SMARTS) is 1. The fourth-order valence-corrected chi connectivity index (χ4v) is 3.84. The van der Waals surface area contributed by atoms with E-state index in [0.717, 1.165) is 38.0 Å². The Morgan fingerprint density at radius 3 is 2.90 bits per heavy atom. The molecular formula is C15H24ClN3O2. The van der Waals surface area contributed by atoms with Gasteiger partial charge in [0.15, 0.2) is 0 Å². The third-order valence-corrected chi connectivity index (χ3v) is 4.95. The summed E-state index contributed by atoms with van der Waals surface area (Å²) in [5.74, 6) is -0.276. The second-order valence-electron chi connectivity index (χ2n) is 6.60. The van der Waals surface area contributed by atoms with Crippen molar-refractivity contribution in [2.45, 2.75) is 45.7 Å². The molecule has 0 spiro atoms. The van der Waals surface area contributed by atoms with Crippen molar-refractivity contribution in [1.82, 2.24) is 14.7 Å². The molecule has 2 heterocycles. The predicted octanol–water partition coefficient (Wildman–Crippen LogP) is 2.57. The average Bonchev–Trinajstić information content (AvgIpc) is 3.02. The molecule has 118 valence electrons. The summed E-state index contributed by atoms with van der Waals surface area (Å²) < 4.78 is 1.96. The topological polar surface area (TPSA) is 58.4 Å². The van der Waals surface area contributed by atoms with Crippen LogP contribution in [-0.2, 0) is 11.3 Å². The molecule has 1 saturated heterocycles. The molecule has 2 aliphatic rings. The zero-order valence-corrected chi connectivity index (χ0v) is 13.5. The van der Waals surface area contributed by atoms with Crippen molar-refractivity contribution in [3.63, 3.8) is 0 Å². The summed E-state index contributed by atoms with van der Waals surface area (Å²) >= 11 is 0. The van der Waals surface area contributed by atoms with E-state index < -0.39 is 11.4 Å². The number of carboxylic acids is 1. The van der Waals surface area contributed by atoms with Crippen LogP contribution >= 0.6 is 12.4 Å². The number of nitrogens with zero attached hydrogens (tertiary/aromatic N) is 3. The number of carbonyl (C=O) groups is 1. The van der Waals surface area contributed by atoms with E-state index in [1.54, 1.807) is 0 Å². The molecule has 2 atom stereocenters. The summed E-state index contributed by atoms with van der Waals surface area (Å²) in [6.07, 6.45) is 4.96. The zero-order chi connectivity index (χ0) is 14.3. The Balaban J connectivity index is 0.00000161. The number of fused-ring (bicyclic) bond motifs is 1. The van der Waals surface area contributed by atoms with Gasteiger partial charge in [-0.15, -0.1) is 12.4 Å². The van der Waals surface area contributed by atoms with Crippen molar-refractivity contribution >= 4 is 18.4 Å². The lowest BCUT2D eigenvalue weighted by Gasteiger charge is -2.23. The maximum Gasteiger partial charge on any atom is 0.311 e. The third-order valence-electron chi connectivity index (χ3n) is 4.95. The maximum absolute atomic E-state index is 11.7. The van der Waals surface area contributed by atoms with Crippen LogP contribution in [0.5, 0.6) is 0 Å². The number of likely N-dealkylation sites (tertiary alicyclic amines) is 1. The summed E-state index contributed by atoms with van der Waals surface area (Å²) in [5, 5.41) is 14.2. The molecule has 1 aliphatic heterocycles. The van der Waals surface area contributed by atoms with Gasteiger partial charge >= 0.3 is 5.97 Å². The highest BCUT2D eigenvalue weighted by Crippen LogP contribution is 2.49. The molecule has 1 saturated carbocycles. The Kier molecular flexibility index (Phi) is 4.63. The third kappa shape index (κ3) is 2.81. The lowest BCUT2D eigenvalue weighted by molar-refractivity contribution is -0.149. The van der Waals surface area contributed by atoms with Gasteiger partial charge in [-0.1, -0.05) is 6.42 Å². The minimum absolute atomic E-state index is 0. The number of hydrogen-bond donors (Lipinski definition) is 1. The second-order valence-corrected chi connectivity index (χ2v) is 6.60. The lowest BCUT2D eigenvalue weighted by Crippen LogP contribution is -2.35. The Bertz CT molecular complexity index is 517. The molecule has 1 N–H and O–H groups in total. The smallest absolute Gasteiger partial charge is 0.311 e. The molecule has 1 aliphatic carbocycles. The van der Waals surface area contributed by atoms with Crippen molar-refractivity contribution in [1.29, 1.82) is 0 Å². The summed E-state index contributed by atoms with van der Waals surface area (Å²) in [6, 6.07) is 2.41. The molecule has 1 aromatic rings. The van der Waals surface area contributed by atoms with Crippen LogP contribution in [0.4, 0.5) is 0 Å². The van der Waals surface area contributed by atoms with Gasteiger partial charge in [-0.05, 0) is 38.7 Å². The van der Waals surface area contributed by atoms with Crippen LogP contribution in [0.15, 0.2) is 12.3 Å². The van der Waals surface area contributed by atoms with Gasteiger partial charge in [0.1, 0.15) is 0 Å². The summed E-state index contributed by atoms with van der Waals surface area (Å²) in [5.41, 5.74) is 0.555. The van der Waals surface area contributed by atoms with Gasteiger partial charge in [-0.25, -0.2) is 0 Å². The highest BCUT2D eigenvalue weighted by Gasteiger charge is 2.54. The van der Waals surface area contributed by atoms with Crippen LogP contribution in [0.1, 0.15) is 44.8 Å². The van der Waals surface area contributed by atoms with Crippen molar-refractivity contribution in [3.8, 4) is 0 Å². The standard InChI is InChI=1S/C15H23N3O2.ClH/c1-11(2)18-7-5-13(16-18)9-17-8-12-4-3-6-15(12,10-17)14(19)20;/h5,7,11-12H,3-4,6,8-10H2,1-2H3,(H,19,20);1H/t12-,15+;/m0./s1. The predicted molar refractivity (Wildman–Crippen MR) is 82.5 cm³/mol. The van der Waals surface area contributed by atoms with Crippen molar-refractivity contribution < 1.29 is 9.90 Å². The number of aromatic nitrogens is 2. The van der Waals surface area contributed by atoms with Crippen molar-refractivity contribution in [2.24, 2.45) is 11.3 Å². The van der Waals surface area contributed by atoms with Gasteiger partial charge in [-0.3, -0.25) is 14.4 Å². The first-order chi connectivity index (χ1) is 9.51. The Morgan fingerprint density at radius 2 is 2.33 bits per heavy atom. The molecule has 3 rings (SSSR count). The molecule has 0 aromatic carbocycles. The van der Waals surface area contributed by atoms with E-state index in [9.17, 15) is 9.90 Å². The minimum atomic E-state index is -0.602. The number of hydrogen-bond acceptors (Lipinski definition) is 3. The van der Waals surface area contributed by atoms with E-state index in [1.807, 2.05) is 16.9 Å². The molecule has 6 heteroatoms. The van der Waals surface area contributed by atoms with Gasteiger partial charge in [0, 0.05) is 31.9 Å². The molecule has 5 nitrogen and oxygen atoms in total. The van der Waals surface area contributed by atoms with Crippen LogP contribution in [0.25, 0.3) is 0 Å². The van der Waals surface area contributed by atoms with Crippen LogP contribution in [0.2, 0.25) is 0 Å². The molecule has 0 bridgehead atoms. The second kappa shape index (κ2) is 5.97. The van der Waals surface area contributed by atoms with Crippen LogP contribution in [-0.4, -0.2) is 38.8 Å². The van der Waals surface area contributed by atoms with Gasteiger partial charge in [-0.2, -0.15) is 5.10 Å². The molecule has 0 unspecified atom stereocenters. The number of halogens is 1. The normalized spacial score (nSPS) is 28.6. The first kappa shape index (κ1) is 16.3. The number of rotatable bonds is 4. The van der Waals surface area contributed by atoms with Gasteiger partial charge < -0.3 is 5.11 Å². The van der Waals surface area contributed by atoms with Crippen molar-refractivity contribution in [2.75, 3.05) is 13.1 Å². The first-order valence-electron chi connectivity index (χ1n) is 7.51. The fraction of sp³-hybridized carbons (Fsp3) is 0.733. The molecule has 2 fully saturated rings. The first-order valence-corrected chi connectivity index (χ1v) is 7.51. The highest BCUT2D eigenvalue weighted by atomic mass is 35.5. The average molecular weight is 314 g/mol. The van der Waals surface area contributed by atoms with Gasteiger partial charge in [0.25, 0.3) is 0 Å². The van der Waals surface area contributed by atoms with Gasteiger partial charge in [0.2, 0.25) is 0 Å². The zero-order valence-electron chi connectivity index (χ0n) is 12.7. The summed E-state index contributed by atoms with van der Waals surface area (Å²) in [7, 11) is 0. The highest BCUT2D eigenvalue weighted by molar-refractivity contribution is 5.85. The SMILES string of the molecule is CC(C)n1ccc(CN2C[C@@H]3CCC[C@@]3(C(=O)O)C2)n1.Cl. The van der Waals surface area contributed by atoms with Crippen LogP contribution in [0, 0.1) is 11.3 Å². The summed E-state index contributed by atoms with van der Waals surface area (Å²) in [6.45, 7) is 6.57. The molecular weight excluding hydrogens is 290 g/mol. The van der Waals surface area contributed by atoms with E-state index in [-0.39, 0.29) is 12.4 Å². The Hall–Kier alpha value is -1.07. The van der Waals surface area contributed by atoms with E-state index in [1.165, 1.54) is 0 Å². The lowest BCUT2D eigenvalue weighted by atomic mass is 9.81. The van der Waals surface area contributed by atoms with Crippen molar-refractivity contribution in [3.05, 3.63) is 18.0 Å². The van der Waals surface area contributed by atoms with E-state index in [0.29, 0.717) is 18.5 Å². The fourth-order valence-electron chi connectivity index (χ4n) is 3.84. The molecule has 0 radical (unpaired) electrons. The summed E-state index contributed by atoms with van der Waals surface area (Å²) in [4.78, 5) is 13.9. The monoisotopic (exact) mass is 313 g/mol. The Labute approximate surface area is 131 Å². The molecule has 1 aromatic heterocycles. The van der Waals surface area contributed by atoms with E-state index >= 15 is 0 Å². The largest absolute Gasteiger partial charge is 0.481 e.